The van der Waals surface area contributed by atoms with Gasteiger partial charge in [0.15, 0.2) is 15.5 Å². The molecule has 34 heavy (non-hydrogen) atoms. The average molecular weight is 526 g/mol. The standard InChI is InChI=1S/C23H25Cl2N3O5S/c1-14-4-6-16(28-22-20(3-2-10-26-22)27(23(28)31)12-21(29)30)7-5-15(14)13-34(32,33)17-8-9-18(24)19(25)11-17/h2-3,8-11,14-16H,4-7,12-13H2,1H3,(H,29,30). The third-order valence-corrected chi connectivity index (χ3v) is 9.27. The van der Waals surface area contributed by atoms with Gasteiger partial charge in [-0.1, -0.05) is 30.1 Å². The van der Waals surface area contributed by atoms with Crippen molar-refractivity contribution in [1.29, 1.82) is 0 Å². The van der Waals surface area contributed by atoms with Gasteiger partial charge in [0.05, 0.1) is 26.2 Å². The largest absolute Gasteiger partial charge is 0.480 e. The maximum Gasteiger partial charge on any atom is 0.331 e. The van der Waals surface area contributed by atoms with Crippen molar-refractivity contribution in [2.75, 3.05) is 5.75 Å². The summed E-state index contributed by atoms with van der Waals surface area (Å²) in [6.45, 7) is 1.59. The number of nitrogens with zero attached hydrogens (tertiary/aromatic N) is 3. The lowest BCUT2D eigenvalue weighted by atomic mass is 9.91. The van der Waals surface area contributed by atoms with Gasteiger partial charge in [-0.2, -0.15) is 0 Å². The highest BCUT2D eigenvalue weighted by atomic mass is 35.5. The third kappa shape index (κ3) is 4.87. The molecule has 1 aliphatic rings. The van der Waals surface area contributed by atoms with Gasteiger partial charge in [-0.3, -0.25) is 13.9 Å². The first kappa shape index (κ1) is 24.8. The van der Waals surface area contributed by atoms with E-state index in [4.69, 9.17) is 23.2 Å². The fourth-order valence-corrected chi connectivity index (χ4v) is 6.99. The lowest BCUT2D eigenvalue weighted by Crippen LogP contribution is -2.29. The van der Waals surface area contributed by atoms with Crippen LogP contribution in [0, 0.1) is 11.8 Å². The van der Waals surface area contributed by atoms with E-state index in [-0.39, 0.29) is 33.5 Å². The lowest BCUT2D eigenvalue weighted by Gasteiger charge is -2.21. The Morgan fingerprint density at radius 1 is 1.15 bits per heavy atom. The van der Waals surface area contributed by atoms with Gasteiger partial charge in [0.1, 0.15) is 6.54 Å². The molecule has 3 aromatic rings. The number of halogens is 2. The molecule has 182 valence electrons. The molecule has 1 fully saturated rings. The van der Waals surface area contributed by atoms with Crippen LogP contribution in [0.2, 0.25) is 10.0 Å². The van der Waals surface area contributed by atoms with E-state index in [1.54, 1.807) is 22.9 Å². The predicted octanol–water partition coefficient (Wildman–Crippen LogP) is 4.43. The van der Waals surface area contributed by atoms with Gasteiger partial charge >= 0.3 is 11.7 Å². The number of carboxylic acids is 1. The molecule has 1 aliphatic carbocycles. The highest BCUT2D eigenvalue weighted by Crippen LogP contribution is 2.37. The minimum atomic E-state index is -3.58. The van der Waals surface area contributed by atoms with Crippen molar-refractivity contribution in [2.45, 2.75) is 50.1 Å². The maximum absolute atomic E-state index is 13.2. The van der Waals surface area contributed by atoms with Crippen molar-refractivity contribution in [3.8, 4) is 0 Å². The molecule has 0 bridgehead atoms. The molecule has 8 nitrogen and oxygen atoms in total. The lowest BCUT2D eigenvalue weighted by molar-refractivity contribution is -0.137. The Balaban J connectivity index is 1.60. The number of carboxylic acid groups (broad SMARTS) is 1. The van der Waals surface area contributed by atoms with Crippen molar-refractivity contribution >= 4 is 50.2 Å². The number of fused-ring (bicyclic) bond motifs is 1. The van der Waals surface area contributed by atoms with Gasteiger partial charge in [-0.25, -0.2) is 18.2 Å². The van der Waals surface area contributed by atoms with E-state index in [1.807, 2.05) is 6.92 Å². The number of carbonyl (C=O) groups is 1. The van der Waals surface area contributed by atoms with Crippen LogP contribution >= 0.6 is 23.2 Å². The van der Waals surface area contributed by atoms with E-state index in [0.717, 1.165) is 6.42 Å². The van der Waals surface area contributed by atoms with Crippen LogP contribution in [0.1, 0.15) is 38.6 Å². The van der Waals surface area contributed by atoms with Gasteiger partial charge in [0.2, 0.25) is 0 Å². The van der Waals surface area contributed by atoms with Gasteiger partial charge < -0.3 is 5.11 Å². The summed E-state index contributed by atoms with van der Waals surface area (Å²) < 4.78 is 29.0. The molecule has 3 atom stereocenters. The molecule has 0 saturated heterocycles. The summed E-state index contributed by atoms with van der Waals surface area (Å²) in [5.74, 6) is -1.10. The smallest absolute Gasteiger partial charge is 0.331 e. The third-order valence-electron chi connectivity index (χ3n) is 6.69. The summed E-state index contributed by atoms with van der Waals surface area (Å²) >= 11 is 12.0. The Bertz CT molecular complexity index is 1400. The number of benzene rings is 1. The van der Waals surface area contributed by atoms with Crippen LogP contribution < -0.4 is 5.69 Å². The first-order valence-electron chi connectivity index (χ1n) is 11.0. The number of rotatable bonds is 6. The summed E-state index contributed by atoms with van der Waals surface area (Å²) in [4.78, 5) is 29.0. The Kier molecular flexibility index (Phi) is 7.07. The van der Waals surface area contributed by atoms with Gasteiger partial charge in [0.25, 0.3) is 0 Å². The molecular formula is C23H25Cl2N3O5S. The zero-order valence-corrected chi connectivity index (χ0v) is 20.9. The predicted molar refractivity (Wildman–Crippen MR) is 130 cm³/mol. The van der Waals surface area contributed by atoms with E-state index in [0.29, 0.717) is 35.4 Å². The van der Waals surface area contributed by atoms with Gasteiger partial charge in [-0.05, 0) is 67.9 Å². The summed E-state index contributed by atoms with van der Waals surface area (Å²) in [6, 6.07) is 7.50. The van der Waals surface area contributed by atoms with Crippen molar-refractivity contribution in [3.05, 3.63) is 57.1 Å². The van der Waals surface area contributed by atoms with Crippen LogP contribution in [-0.4, -0.2) is 39.4 Å². The molecule has 1 saturated carbocycles. The molecule has 3 unspecified atom stereocenters. The molecule has 11 heteroatoms. The Labute approximate surface area is 207 Å². The zero-order chi connectivity index (χ0) is 24.6. The minimum Gasteiger partial charge on any atom is -0.480 e. The molecule has 2 aromatic heterocycles. The highest BCUT2D eigenvalue weighted by Gasteiger charge is 2.32. The summed E-state index contributed by atoms with van der Waals surface area (Å²) in [5.41, 5.74) is 0.523. The topological polar surface area (TPSA) is 111 Å². The molecule has 0 spiro atoms. The SMILES string of the molecule is CC1CCC(n2c(=O)n(CC(=O)O)c3cccnc32)CCC1CS(=O)(=O)c1ccc(Cl)c(Cl)c1. The van der Waals surface area contributed by atoms with E-state index in [2.05, 4.69) is 4.98 Å². The average Bonchev–Trinajstić information content (AvgIpc) is 2.92. The highest BCUT2D eigenvalue weighted by molar-refractivity contribution is 7.91. The minimum absolute atomic E-state index is 0.0211. The van der Waals surface area contributed by atoms with E-state index in [9.17, 15) is 23.1 Å². The molecule has 4 rings (SSSR count). The zero-order valence-electron chi connectivity index (χ0n) is 18.5. The van der Waals surface area contributed by atoms with Crippen LogP contribution in [0.4, 0.5) is 0 Å². The normalized spacial score (nSPS) is 21.4. The number of sulfone groups is 1. The summed E-state index contributed by atoms with van der Waals surface area (Å²) in [5, 5.41) is 9.75. The maximum atomic E-state index is 13.2. The first-order chi connectivity index (χ1) is 16.1. The van der Waals surface area contributed by atoms with Crippen LogP contribution in [0.3, 0.4) is 0 Å². The Morgan fingerprint density at radius 3 is 2.59 bits per heavy atom. The molecular weight excluding hydrogens is 501 g/mol. The quantitative estimate of drug-likeness (QED) is 0.476. The van der Waals surface area contributed by atoms with Crippen LogP contribution in [0.25, 0.3) is 11.2 Å². The van der Waals surface area contributed by atoms with Crippen LogP contribution in [0.5, 0.6) is 0 Å². The number of hydrogen-bond donors (Lipinski definition) is 1. The van der Waals surface area contributed by atoms with Crippen molar-refractivity contribution < 1.29 is 18.3 Å². The number of hydrogen-bond acceptors (Lipinski definition) is 5. The number of aliphatic carboxylic acids is 1. The fourth-order valence-electron chi connectivity index (χ4n) is 4.81. The summed E-state index contributed by atoms with van der Waals surface area (Å²) in [7, 11) is -3.58. The Hall–Kier alpha value is -2.36. The Morgan fingerprint density at radius 2 is 1.88 bits per heavy atom. The second-order valence-corrected chi connectivity index (χ2v) is 11.7. The molecule has 0 radical (unpaired) electrons. The molecule has 2 heterocycles. The fraction of sp³-hybridized carbons (Fsp3) is 0.435. The monoisotopic (exact) mass is 525 g/mol. The number of pyridine rings is 1. The van der Waals surface area contributed by atoms with E-state index < -0.39 is 28.0 Å². The first-order valence-corrected chi connectivity index (χ1v) is 13.4. The van der Waals surface area contributed by atoms with E-state index >= 15 is 0 Å². The second-order valence-electron chi connectivity index (χ2n) is 8.88. The number of imidazole rings is 1. The second kappa shape index (κ2) is 9.71. The van der Waals surface area contributed by atoms with Crippen LogP contribution in [-0.2, 0) is 21.2 Å². The molecule has 1 aromatic carbocycles. The van der Waals surface area contributed by atoms with E-state index in [1.165, 1.54) is 22.8 Å². The van der Waals surface area contributed by atoms with Gasteiger partial charge in [0, 0.05) is 12.2 Å². The molecule has 0 aliphatic heterocycles. The van der Waals surface area contributed by atoms with Crippen molar-refractivity contribution in [2.24, 2.45) is 11.8 Å². The van der Waals surface area contributed by atoms with Crippen molar-refractivity contribution in [3.63, 3.8) is 0 Å². The molecule has 0 amide bonds. The van der Waals surface area contributed by atoms with Gasteiger partial charge in [-0.15, -0.1) is 0 Å². The molecule has 1 N–H and O–H groups in total. The van der Waals surface area contributed by atoms with Crippen LogP contribution in [0.15, 0.2) is 46.2 Å². The summed E-state index contributed by atoms with van der Waals surface area (Å²) in [6.07, 6.45) is 4.19. The van der Waals surface area contributed by atoms with Crippen molar-refractivity contribution in [1.82, 2.24) is 14.1 Å². The number of aromatic nitrogens is 3.